The maximum absolute atomic E-state index is 12.6. The largest absolute Gasteiger partial charge is 0.467 e. The third kappa shape index (κ3) is 2.70. The molecule has 24 heavy (non-hydrogen) atoms. The molecular weight excluding hydrogens is 308 g/mol. The minimum Gasteiger partial charge on any atom is -0.467 e. The van der Waals surface area contributed by atoms with Crippen molar-refractivity contribution in [1.29, 1.82) is 0 Å². The van der Waals surface area contributed by atoms with E-state index in [1.807, 2.05) is 12.1 Å². The average molecular weight is 328 g/mol. The van der Waals surface area contributed by atoms with Gasteiger partial charge in [-0.2, -0.15) is 5.10 Å². The third-order valence-corrected chi connectivity index (χ3v) is 4.88. The van der Waals surface area contributed by atoms with Crippen LogP contribution in [0.4, 0.5) is 0 Å². The van der Waals surface area contributed by atoms with E-state index in [2.05, 4.69) is 10.4 Å². The van der Waals surface area contributed by atoms with Gasteiger partial charge in [0.1, 0.15) is 11.8 Å². The number of hydrogen-bond donors (Lipinski definition) is 1. The monoisotopic (exact) mass is 328 g/mol. The van der Waals surface area contributed by atoms with E-state index < -0.39 is 6.04 Å². The molecule has 0 saturated heterocycles. The minimum atomic E-state index is -0.497. The SMILES string of the molecule is O=C(NCc1ccco1)[C@H]1CN(C(=O)C2CCC2)Cc2ccnn21. The zero-order valence-electron chi connectivity index (χ0n) is 13.4. The predicted molar refractivity (Wildman–Crippen MR) is 84.6 cm³/mol. The highest BCUT2D eigenvalue weighted by Gasteiger charge is 2.36. The van der Waals surface area contributed by atoms with Gasteiger partial charge in [-0.05, 0) is 31.0 Å². The summed E-state index contributed by atoms with van der Waals surface area (Å²) in [5.41, 5.74) is 0.895. The molecule has 4 rings (SSSR count). The van der Waals surface area contributed by atoms with E-state index in [-0.39, 0.29) is 17.7 Å². The summed E-state index contributed by atoms with van der Waals surface area (Å²) in [6, 6.07) is 4.97. The number of carbonyl (C=O) groups excluding carboxylic acids is 2. The second kappa shape index (κ2) is 6.14. The average Bonchev–Trinajstić information content (AvgIpc) is 3.20. The van der Waals surface area contributed by atoms with Gasteiger partial charge in [-0.3, -0.25) is 14.3 Å². The summed E-state index contributed by atoms with van der Waals surface area (Å²) < 4.78 is 6.96. The highest BCUT2D eigenvalue weighted by atomic mass is 16.3. The predicted octanol–water partition coefficient (Wildman–Crippen LogP) is 1.48. The van der Waals surface area contributed by atoms with Crippen LogP contribution < -0.4 is 5.32 Å². The first-order valence-electron chi connectivity index (χ1n) is 8.33. The zero-order chi connectivity index (χ0) is 16.5. The molecule has 1 aliphatic heterocycles. The number of aromatic nitrogens is 2. The Labute approximate surface area is 139 Å². The van der Waals surface area contributed by atoms with Crippen LogP contribution in [0, 0.1) is 5.92 Å². The van der Waals surface area contributed by atoms with Gasteiger partial charge in [-0.1, -0.05) is 6.42 Å². The standard InChI is InChI=1S/C17H20N4O3/c22-16(18-9-14-5-2-8-24-14)15-11-20(17(23)12-3-1-4-12)10-13-6-7-19-21(13)15/h2,5-8,12,15H,1,3-4,9-11H2,(H,18,22)/t15-/m1/s1. The Morgan fingerprint density at radius 3 is 2.92 bits per heavy atom. The molecule has 7 heteroatoms. The van der Waals surface area contributed by atoms with Crippen molar-refractivity contribution in [1.82, 2.24) is 20.0 Å². The first kappa shape index (κ1) is 15.0. The van der Waals surface area contributed by atoms with Gasteiger partial charge in [0.2, 0.25) is 11.8 Å². The lowest BCUT2D eigenvalue weighted by molar-refractivity contribution is -0.141. The van der Waals surface area contributed by atoms with E-state index in [9.17, 15) is 9.59 Å². The van der Waals surface area contributed by atoms with Gasteiger partial charge in [0.05, 0.1) is 31.6 Å². The third-order valence-electron chi connectivity index (χ3n) is 4.88. The Balaban J connectivity index is 1.48. The summed E-state index contributed by atoms with van der Waals surface area (Å²) in [6.45, 7) is 1.22. The van der Waals surface area contributed by atoms with Crippen LogP contribution in [0.2, 0.25) is 0 Å². The van der Waals surface area contributed by atoms with E-state index in [0.29, 0.717) is 25.4 Å². The molecule has 126 valence electrons. The van der Waals surface area contributed by atoms with Crippen LogP contribution in [0.25, 0.3) is 0 Å². The number of furan rings is 1. The Kier molecular flexibility index (Phi) is 3.84. The lowest BCUT2D eigenvalue weighted by atomic mass is 9.84. The van der Waals surface area contributed by atoms with E-state index in [1.54, 1.807) is 28.1 Å². The summed E-state index contributed by atoms with van der Waals surface area (Å²) in [4.78, 5) is 27.0. The molecular formula is C17H20N4O3. The van der Waals surface area contributed by atoms with Crippen molar-refractivity contribution < 1.29 is 14.0 Å². The molecule has 2 amide bonds. The quantitative estimate of drug-likeness (QED) is 0.922. The molecule has 1 aliphatic carbocycles. The molecule has 3 heterocycles. The van der Waals surface area contributed by atoms with Crippen molar-refractivity contribution in [2.45, 2.75) is 38.4 Å². The fourth-order valence-electron chi connectivity index (χ4n) is 3.27. The maximum Gasteiger partial charge on any atom is 0.247 e. The Morgan fingerprint density at radius 2 is 2.21 bits per heavy atom. The lowest BCUT2D eigenvalue weighted by Gasteiger charge is -2.37. The van der Waals surface area contributed by atoms with Crippen molar-refractivity contribution in [3.63, 3.8) is 0 Å². The molecule has 7 nitrogen and oxygen atoms in total. The van der Waals surface area contributed by atoms with Crippen LogP contribution in [0.15, 0.2) is 35.1 Å². The van der Waals surface area contributed by atoms with Gasteiger partial charge in [-0.25, -0.2) is 0 Å². The number of carbonyl (C=O) groups is 2. The van der Waals surface area contributed by atoms with Gasteiger partial charge in [0, 0.05) is 12.1 Å². The van der Waals surface area contributed by atoms with Crippen LogP contribution in [0.1, 0.15) is 36.8 Å². The molecule has 2 aromatic rings. The smallest absolute Gasteiger partial charge is 0.247 e. The number of nitrogens with one attached hydrogen (secondary N) is 1. The van der Waals surface area contributed by atoms with Crippen molar-refractivity contribution in [3.05, 3.63) is 42.1 Å². The maximum atomic E-state index is 12.6. The van der Waals surface area contributed by atoms with Crippen molar-refractivity contribution in [2.24, 2.45) is 5.92 Å². The first-order chi connectivity index (χ1) is 11.7. The second-order valence-electron chi connectivity index (χ2n) is 6.43. The molecule has 0 aromatic carbocycles. The van der Waals surface area contributed by atoms with Gasteiger partial charge in [-0.15, -0.1) is 0 Å². The van der Waals surface area contributed by atoms with E-state index in [0.717, 1.165) is 25.0 Å². The molecule has 1 atom stereocenters. The molecule has 0 spiro atoms. The fourth-order valence-corrected chi connectivity index (χ4v) is 3.27. The van der Waals surface area contributed by atoms with E-state index in [1.165, 1.54) is 0 Å². The first-order valence-corrected chi connectivity index (χ1v) is 8.33. The molecule has 0 unspecified atom stereocenters. The number of nitrogens with zero attached hydrogens (tertiary/aromatic N) is 3. The Morgan fingerprint density at radius 1 is 1.33 bits per heavy atom. The van der Waals surface area contributed by atoms with Crippen molar-refractivity contribution in [2.75, 3.05) is 6.54 Å². The topological polar surface area (TPSA) is 80.4 Å². The van der Waals surface area contributed by atoms with E-state index >= 15 is 0 Å². The van der Waals surface area contributed by atoms with Gasteiger partial charge in [0.25, 0.3) is 0 Å². The summed E-state index contributed by atoms with van der Waals surface area (Å²) >= 11 is 0. The molecule has 0 radical (unpaired) electrons. The van der Waals surface area contributed by atoms with Crippen molar-refractivity contribution in [3.8, 4) is 0 Å². The van der Waals surface area contributed by atoms with Crippen LogP contribution in [-0.2, 0) is 22.7 Å². The zero-order valence-corrected chi connectivity index (χ0v) is 13.4. The van der Waals surface area contributed by atoms with Crippen LogP contribution in [0.5, 0.6) is 0 Å². The van der Waals surface area contributed by atoms with Gasteiger partial charge >= 0.3 is 0 Å². The number of rotatable bonds is 4. The Hall–Kier alpha value is -2.57. The van der Waals surface area contributed by atoms with Crippen molar-refractivity contribution >= 4 is 11.8 Å². The summed E-state index contributed by atoms with van der Waals surface area (Å²) in [5, 5.41) is 7.14. The number of amides is 2. The van der Waals surface area contributed by atoms with Gasteiger partial charge < -0.3 is 14.6 Å². The van der Waals surface area contributed by atoms with Gasteiger partial charge in [0.15, 0.2) is 0 Å². The summed E-state index contributed by atoms with van der Waals surface area (Å²) in [7, 11) is 0. The van der Waals surface area contributed by atoms with Crippen LogP contribution in [0.3, 0.4) is 0 Å². The normalized spacial score (nSPS) is 20.3. The molecule has 2 aliphatic rings. The number of hydrogen-bond acceptors (Lipinski definition) is 4. The summed E-state index contributed by atoms with van der Waals surface area (Å²) in [5.74, 6) is 0.841. The summed E-state index contributed by atoms with van der Waals surface area (Å²) in [6.07, 6.45) is 6.30. The highest BCUT2D eigenvalue weighted by molar-refractivity contribution is 5.83. The van der Waals surface area contributed by atoms with E-state index in [4.69, 9.17) is 4.42 Å². The molecule has 1 saturated carbocycles. The fraction of sp³-hybridized carbons (Fsp3) is 0.471. The molecule has 2 aromatic heterocycles. The van der Waals surface area contributed by atoms with Crippen LogP contribution in [-0.4, -0.2) is 33.0 Å². The molecule has 1 N–H and O–H groups in total. The second-order valence-corrected chi connectivity index (χ2v) is 6.43. The molecule has 0 bridgehead atoms. The van der Waals surface area contributed by atoms with Crippen LogP contribution >= 0.6 is 0 Å². The number of fused-ring (bicyclic) bond motifs is 1. The highest BCUT2D eigenvalue weighted by Crippen LogP contribution is 2.31. The Bertz CT molecular complexity index is 733. The minimum absolute atomic E-state index is 0.131. The molecule has 1 fully saturated rings. The lowest BCUT2D eigenvalue weighted by Crippen LogP contribution is -2.49.